The first-order valence-corrected chi connectivity index (χ1v) is 6.82. The molecule has 0 amide bonds. The van der Waals surface area contributed by atoms with Crippen LogP contribution in [0.4, 0.5) is 5.69 Å². The maximum absolute atomic E-state index is 5.65. The highest BCUT2D eigenvalue weighted by atomic mass is 16.5. The van der Waals surface area contributed by atoms with Gasteiger partial charge < -0.3 is 15.4 Å². The molecule has 3 heteroatoms. The Bertz CT molecular complexity index is 403. The van der Waals surface area contributed by atoms with Gasteiger partial charge in [0.05, 0.1) is 7.11 Å². The second-order valence-corrected chi connectivity index (χ2v) is 5.27. The highest BCUT2D eigenvalue weighted by molar-refractivity contribution is 5.65. The van der Waals surface area contributed by atoms with Crippen LogP contribution in [0, 0.1) is 0 Å². The molecule has 0 radical (unpaired) electrons. The van der Waals surface area contributed by atoms with E-state index in [1.54, 1.807) is 7.11 Å². The maximum Gasteiger partial charge on any atom is 0.124 e. The zero-order valence-electron chi connectivity index (χ0n) is 11.6. The van der Waals surface area contributed by atoms with Gasteiger partial charge in [0.1, 0.15) is 5.75 Å². The van der Waals surface area contributed by atoms with E-state index in [4.69, 9.17) is 10.5 Å². The number of methoxy groups -OCH3 is 1. The van der Waals surface area contributed by atoms with Gasteiger partial charge in [-0.3, -0.25) is 0 Å². The molecule has 1 heterocycles. The molecule has 1 aliphatic heterocycles. The van der Waals surface area contributed by atoms with Crippen molar-refractivity contribution in [3.05, 3.63) is 23.8 Å². The van der Waals surface area contributed by atoms with Crippen LogP contribution >= 0.6 is 0 Å². The van der Waals surface area contributed by atoms with E-state index in [0.717, 1.165) is 31.7 Å². The SMILES string of the molecule is COc1cccc2c1C(CCCN)CN2C(C)C. The molecule has 0 bridgehead atoms. The minimum atomic E-state index is 0.527. The molecule has 1 unspecified atom stereocenters. The van der Waals surface area contributed by atoms with Crippen LogP contribution in [0.3, 0.4) is 0 Å². The Morgan fingerprint density at radius 3 is 2.83 bits per heavy atom. The first-order valence-electron chi connectivity index (χ1n) is 6.82. The van der Waals surface area contributed by atoms with E-state index in [-0.39, 0.29) is 0 Å². The number of anilines is 1. The smallest absolute Gasteiger partial charge is 0.124 e. The van der Waals surface area contributed by atoms with Gasteiger partial charge in [-0.15, -0.1) is 0 Å². The van der Waals surface area contributed by atoms with Crippen molar-refractivity contribution in [1.82, 2.24) is 0 Å². The van der Waals surface area contributed by atoms with E-state index < -0.39 is 0 Å². The third kappa shape index (κ3) is 2.32. The maximum atomic E-state index is 5.65. The average molecular weight is 248 g/mol. The van der Waals surface area contributed by atoms with Crippen LogP contribution in [0.5, 0.6) is 5.75 Å². The standard InChI is InChI=1S/C15H24N2O/c1-11(2)17-10-12(6-5-9-16)15-13(17)7-4-8-14(15)18-3/h4,7-8,11-12H,5-6,9-10,16H2,1-3H3. The summed E-state index contributed by atoms with van der Waals surface area (Å²) in [5.74, 6) is 1.58. The van der Waals surface area contributed by atoms with Gasteiger partial charge in [0, 0.05) is 29.8 Å². The lowest BCUT2D eigenvalue weighted by Crippen LogP contribution is -2.29. The zero-order chi connectivity index (χ0) is 13.1. The minimum absolute atomic E-state index is 0.527. The summed E-state index contributed by atoms with van der Waals surface area (Å²) < 4.78 is 5.54. The van der Waals surface area contributed by atoms with Gasteiger partial charge in [0.25, 0.3) is 0 Å². The predicted octanol–water partition coefficient (Wildman–Crippen LogP) is 2.75. The molecule has 0 aromatic heterocycles. The summed E-state index contributed by atoms with van der Waals surface area (Å²) in [6, 6.07) is 6.88. The highest BCUT2D eigenvalue weighted by Gasteiger charge is 2.32. The fraction of sp³-hybridized carbons (Fsp3) is 0.600. The number of hydrogen-bond acceptors (Lipinski definition) is 3. The molecule has 18 heavy (non-hydrogen) atoms. The number of fused-ring (bicyclic) bond motifs is 1. The average Bonchev–Trinajstić information content (AvgIpc) is 2.75. The third-order valence-corrected chi connectivity index (χ3v) is 3.78. The van der Waals surface area contributed by atoms with Gasteiger partial charge >= 0.3 is 0 Å². The van der Waals surface area contributed by atoms with Gasteiger partial charge in [-0.2, -0.15) is 0 Å². The van der Waals surface area contributed by atoms with E-state index in [1.165, 1.54) is 11.3 Å². The Kier molecular flexibility index (Phi) is 4.12. The van der Waals surface area contributed by atoms with Crippen molar-refractivity contribution in [2.75, 3.05) is 25.1 Å². The predicted molar refractivity (Wildman–Crippen MR) is 76.5 cm³/mol. The van der Waals surface area contributed by atoms with Gasteiger partial charge in [0.15, 0.2) is 0 Å². The summed E-state index contributed by atoms with van der Waals surface area (Å²) in [5, 5.41) is 0. The summed E-state index contributed by atoms with van der Waals surface area (Å²) >= 11 is 0. The summed E-state index contributed by atoms with van der Waals surface area (Å²) in [5.41, 5.74) is 8.36. The number of ether oxygens (including phenoxy) is 1. The Morgan fingerprint density at radius 1 is 1.44 bits per heavy atom. The topological polar surface area (TPSA) is 38.5 Å². The Balaban J connectivity index is 2.35. The quantitative estimate of drug-likeness (QED) is 0.870. The van der Waals surface area contributed by atoms with E-state index in [0.29, 0.717) is 12.0 Å². The van der Waals surface area contributed by atoms with Crippen LogP contribution in [0.15, 0.2) is 18.2 Å². The van der Waals surface area contributed by atoms with E-state index in [2.05, 4.69) is 36.9 Å². The van der Waals surface area contributed by atoms with E-state index in [9.17, 15) is 0 Å². The monoisotopic (exact) mass is 248 g/mol. The number of hydrogen-bond donors (Lipinski definition) is 1. The zero-order valence-corrected chi connectivity index (χ0v) is 11.6. The van der Waals surface area contributed by atoms with Crippen LogP contribution in [0.1, 0.15) is 38.2 Å². The number of nitrogens with zero attached hydrogens (tertiary/aromatic N) is 1. The second-order valence-electron chi connectivity index (χ2n) is 5.27. The Hall–Kier alpha value is -1.22. The lowest BCUT2D eigenvalue weighted by atomic mass is 9.95. The van der Waals surface area contributed by atoms with Crippen molar-refractivity contribution >= 4 is 5.69 Å². The second kappa shape index (κ2) is 5.61. The van der Waals surface area contributed by atoms with Crippen molar-refractivity contribution < 1.29 is 4.74 Å². The van der Waals surface area contributed by atoms with Crippen molar-refractivity contribution in [3.8, 4) is 5.75 Å². The molecule has 0 fully saturated rings. The van der Waals surface area contributed by atoms with Crippen LogP contribution in [0.2, 0.25) is 0 Å². The number of rotatable bonds is 5. The van der Waals surface area contributed by atoms with Crippen LogP contribution < -0.4 is 15.4 Å². The van der Waals surface area contributed by atoms with Crippen LogP contribution in [-0.2, 0) is 0 Å². The molecule has 2 N–H and O–H groups in total. The summed E-state index contributed by atoms with van der Waals surface area (Å²) in [6.07, 6.45) is 2.22. The van der Waals surface area contributed by atoms with E-state index >= 15 is 0 Å². The fourth-order valence-corrected chi connectivity index (χ4v) is 2.89. The number of benzene rings is 1. The summed E-state index contributed by atoms with van der Waals surface area (Å²) in [6.45, 7) is 6.35. The van der Waals surface area contributed by atoms with Gasteiger partial charge in [-0.1, -0.05) is 6.07 Å². The molecule has 2 rings (SSSR count). The van der Waals surface area contributed by atoms with Crippen LogP contribution in [-0.4, -0.2) is 26.2 Å². The van der Waals surface area contributed by atoms with Gasteiger partial charge in [0.2, 0.25) is 0 Å². The molecule has 0 saturated heterocycles. The molecule has 1 atom stereocenters. The fourth-order valence-electron chi connectivity index (χ4n) is 2.89. The highest BCUT2D eigenvalue weighted by Crippen LogP contribution is 2.44. The Labute approximate surface area is 110 Å². The molecular formula is C15H24N2O. The molecule has 1 aliphatic rings. The Morgan fingerprint density at radius 2 is 2.22 bits per heavy atom. The van der Waals surface area contributed by atoms with Crippen LogP contribution in [0.25, 0.3) is 0 Å². The third-order valence-electron chi connectivity index (χ3n) is 3.78. The molecular weight excluding hydrogens is 224 g/mol. The van der Waals surface area contributed by atoms with Gasteiger partial charge in [-0.25, -0.2) is 0 Å². The minimum Gasteiger partial charge on any atom is -0.496 e. The van der Waals surface area contributed by atoms with E-state index in [1.807, 2.05) is 0 Å². The van der Waals surface area contributed by atoms with Crippen molar-refractivity contribution in [1.29, 1.82) is 0 Å². The first-order chi connectivity index (χ1) is 8.69. The number of nitrogens with two attached hydrogens (primary N) is 1. The molecule has 100 valence electrons. The lowest BCUT2D eigenvalue weighted by molar-refractivity contribution is 0.406. The molecule has 1 aromatic carbocycles. The van der Waals surface area contributed by atoms with Gasteiger partial charge in [-0.05, 0) is 45.4 Å². The normalized spacial score (nSPS) is 18.3. The molecule has 0 aliphatic carbocycles. The first kappa shape index (κ1) is 13.2. The largest absolute Gasteiger partial charge is 0.496 e. The van der Waals surface area contributed by atoms with Crippen molar-refractivity contribution in [3.63, 3.8) is 0 Å². The summed E-state index contributed by atoms with van der Waals surface area (Å²) in [7, 11) is 1.76. The summed E-state index contributed by atoms with van der Waals surface area (Å²) in [4.78, 5) is 2.47. The van der Waals surface area contributed by atoms with Crippen molar-refractivity contribution in [2.24, 2.45) is 5.73 Å². The molecule has 0 spiro atoms. The molecule has 3 nitrogen and oxygen atoms in total. The lowest BCUT2D eigenvalue weighted by Gasteiger charge is -2.24. The molecule has 1 aromatic rings. The molecule has 0 saturated carbocycles. The van der Waals surface area contributed by atoms with Crippen molar-refractivity contribution in [2.45, 2.75) is 38.6 Å².